The molecule has 47 heavy (non-hydrogen) atoms. The number of carbonyl (C=O) groups excluding carboxylic acids is 2. The molecule has 4 aromatic carbocycles. The molecule has 0 radical (unpaired) electrons. The second kappa shape index (κ2) is 15.5. The molecular weight excluding hydrogens is 651 g/mol. The monoisotopic (exact) mass is 685 g/mol. The number of benzene rings is 4. The van der Waals surface area contributed by atoms with Crippen LogP contribution in [0.15, 0.2) is 108 Å². The van der Waals surface area contributed by atoms with Gasteiger partial charge < -0.3 is 10.2 Å². The third kappa shape index (κ3) is 8.93. The van der Waals surface area contributed by atoms with Crippen LogP contribution in [0.4, 0.5) is 18.9 Å². The van der Waals surface area contributed by atoms with E-state index in [1.54, 1.807) is 30.3 Å². The van der Waals surface area contributed by atoms with E-state index in [1.807, 2.05) is 44.2 Å². The van der Waals surface area contributed by atoms with Crippen molar-refractivity contribution in [2.24, 2.45) is 0 Å². The van der Waals surface area contributed by atoms with Crippen molar-refractivity contribution >= 4 is 39.1 Å². The Hall–Kier alpha value is -4.35. The number of carbonyl (C=O) groups is 2. The Morgan fingerprint density at radius 1 is 0.894 bits per heavy atom. The minimum Gasteiger partial charge on any atom is -0.354 e. The van der Waals surface area contributed by atoms with Gasteiger partial charge in [0, 0.05) is 19.5 Å². The van der Waals surface area contributed by atoms with Gasteiger partial charge in [-0.2, -0.15) is 13.2 Å². The Bertz CT molecular complexity index is 1790. The summed E-state index contributed by atoms with van der Waals surface area (Å²) in [5.74, 6) is -1.23. The second-order valence-corrected chi connectivity index (χ2v) is 13.2. The number of rotatable bonds is 13. The number of nitrogens with one attached hydrogen (secondary N) is 1. The highest BCUT2D eigenvalue weighted by Crippen LogP contribution is 2.38. The van der Waals surface area contributed by atoms with Crippen molar-refractivity contribution in [2.75, 3.05) is 17.4 Å². The predicted octanol–water partition coefficient (Wildman–Crippen LogP) is 7.03. The minimum absolute atomic E-state index is 0.0593. The zero-order chi connectivity index (χ0) is 34.2. The number of hydrogen-bond acceptors (Lipinski definition) is 4. The first-order valence-electron chi connectivity index (χ1n) is 14.9. The van der Waals surface area contributed by atoms with Crippen molar-refractivity contribution in [3.05, 3.63) is 130 Å². The van der Waals surface area contributed by atoms with Gasteiger partial charge in [0.05, 0.1) is 21.2 Å². The van der Waals surface area contributed by atoms with Crippen molar-refractivity contribution in [3.63, 3.8) is 0 Å². The van der Waals surface area contributed by atoms with Crippen LogP contribution in [0.25, 0.3) is 0 Å². The summed E-state index contributed by atoms with van der Waals surface area (Å²) >= 11 is 5.87. The van der Waals surface area contributed by atoms with Gasteiger partial charge in [0.25, 0.3) is 10.0 Å². The maximum Gasteiger partial charge on any atom is 0.417 e. The third-order valence-electron chi connectivity index (χ3n) is 7.58. The normalized spacial score (nSPS) is 12.3. The molecule has 0 aliphatic carbocycles. The van der Waals surface area contributed by atoms with Crippen LogP contribution in [0.1, 0.15) is 35.6 Å². The highest BCUT2D eigenvalue weighted by molar-refractivity contribution is 7.92. The van der Waals surface area contributed by atoms with E-state index in [2.05, 4.69) is 5.32 Å². The Morgan fingerprint density at radius 2 is 1.51 bits per heavy atom. The number of halogens is 4. The molecule has 0 bridgehead atoms. The molecule has 0 saturated heterocycles. The van der Waals surface area contributed by atoms with Gasteiger partial charge in [-0.25, -0.2) is 8.42 Å². The molecule has 1 N–H and O–H groups in total. The molecule has 4 aromatic rings. The van der Waals surface area contributed by atoms with Gasteiger partial charge in [-0.05, 0) is 60.4 Å². The first kappa shape index (κ1) is 35.5. The number of nitrogens with zero attached hydrogens (tertiary/aromatic N) is 2. The van der Waals surface area contributed by atoms with E-state index in [1.165, 1.54) is 29.2 Å². The molecule has 7 nitrogen and oxygen atoms in total. The van der Waals surface area contributed by atoms with Crippen LogP contribution < -0.4 is 9.62 Å². The summed E-state index contributed by atoms with van der Waals surface area (Å²) in [6, 6.07) is 25.0. The van der Waals surface area contributed by atoms with Crippen LogP contribution in [0, 0.1) is 6.92 Å². The summed E-state index contributed by atoms with van der Waals surface area (Å²) in [6.07, 6.45) is -4.15. The van der Waals surface area contributed by atoms with E-state index in [0.717, 1.165) is 23.3 Å². The molecule has 12 heteroatoms. The Balaban J connectivity index is 1.86. The summed E-state index contributed by atoms with van der Waals surface area (Å²) in [5.41, 5.74) is 0.636. The van der Waals surface area contributed by atoms with Crippen molar-refractivity contribution in [3.8, 4) is 0 Å². The van der Waals surface area contributed by atoms with E-state index in [9.17, 15) is 31.2 Å². The lowest BCUT2D eigenvalue weighted by Gasteiger charge is -2.34. The largest absolute Gasteiger partial charge is 0.417 e. The zero-order valence-electron chi connectivity index (χ0n) is 25.9. The van der Waals surface area contributed by atoms with Crippen molar-refractivity contribution < 1.29 is 31.2 Å². The molecule has 2 amide bonds. The lowest BCUT2D eigenvalue weighted by atomic mass is 10.0. The second-order valence-electron chi connectivity index (χ2n) is 10.9. The number of aryl methyl sites for hydroxylation is 1. The van der Waals surface area contributed by atoms with Crippen molar-refractivity contribution in [2.45, 2.75) is 50.3 Å². The quantitative estimate of drug-likeness (QED) is 0.164. The number of sulfonamides is 1. The minimum atomic E-state index is -4.89. The van der Waals surface area contributed by atoms with E-state index < -0.39 is 56.9 Å². The van der Waals surface area contributed by atoms with Crippen LogP contribution in [0.3, 0.4) is 0 Å². The molecular formula is C35H35ClF3N3O4S. The Morgan fingerprint density at radius 3 is 2.13 bits per heavy atom. The van der Waals surface area contributed by atoms with Gasteiger partial charge >= 0.3 is 6.18 Å². The summed E-state index contributed by atoms with van der Waals surface area (Å²) in [5, 5.41) is 2.23. The molecule has 248 valence electrons. The molecule has 0 aromatic heterocycles. The topological polar surface area (TPSA) is 86.8 Å². The lowest BCUT2D eigenvalue weighted by Crippen LogP contribution is -2.53. The summed E-state index contributed by atoms with van der Waals surface area (Å²) in [4.78, 5) is 29.3. The van der Waals surface area contributed by atoms with Crippen molar-refractivity contribution in [1.29, 1.82) is 0 Å². The molecule has 4 rings (SSSR count). The maximum absolute atomic E-state index is 14.5. The highest BCUT2D eigenvalue weighted by Gasteiger charge is 2.37. The first-order valence-corrected chi connectivity index (χ1v) is 16.7. The van der Waals surface area contributed by atoms with Crippen LogP contribution in [-0.2, 0) is 38.8 Å². The SMILES string of the molecule is CCCNC(=O)[C@@H](Cc1ccccc1)N(Cc1ccccc1C)C(=O)CN(c1ccc(Cl)c(C(F)(F)F)c1)S(=O)(=O)c1ccccc1. The summed E-state index contributed by atoms with van der Waals surface area (Å²) < 4.78 is 70.5. The van der Waals surface area contributed by atoms with Crippen molar-refractivity contribution in [1.82, 2.24) is 10.2 Å². The lowest BCUT2D eigenvalue weighted by molar-refractivity contribution is -0.140. The number of anilines is 1. The molecule has 0 spiro atoms. The molecule has 0 saturated carbocycles. The maximum atomic E-state index is 14.5. The predicted molar refractivity (Wildman–Crippen MR) is 176 cm³/mol. The number of alkyl halides is 3. The van der Waals surface area contributed by atoms with Crippen LogP contribution in [-0.4, -0.2) is 44.3 Å². The van der Waals surface area contributed by atoms with Crippen LogP contribution >= 0.6 is 11.6 Å². The molecule has 0 fully saturated rings. The fourth-order valence-corrected chi connectivity index (χ4v) is 6.68. The standard InChI is InChI=1S/C35H35ClF3N3O4S/c1-3-20-40-34(44)32(21-26-13-6-4-7-14-26)41(23-27-15-11-10-12-25(27)2)33(43)24-42(47(45,46)29-16-8-5-9-17-29)28-18-19-31(36)30(22-28)35(37,38)39/h4-19,22,32H,3,20-21,23-24H2,1-2H3,(H,40,44)/t32-/m1/s1. The third-order valence-corrected chi connectivity index (χ3v) is 9.69. The Labute approximate surface area is 278 Å². The molecule has 0 heterocycles. The van der Waals surface area contributed by atoms with E-state index in [0.29, 0.717) is 28.9 Å². The van der Waals surface area contributed by atoms with E-state index in [4.69, 9.17) is 11.6 Å². The zero-order valence-corrected chi connectivity index (χ0v) is 27.4. The average Bonchev–Trinajstić information content (AvgIpc) is 3.05. The molecule has 0 unspecified atom stereocenters. The fourth-order valence-electron chi connectivity index (χ4n) is 5.03. The van der Waals surface area contributed by atoms with Gasteiger partial charge in [-0.3, -0.25) is 13.9 Å². The molecule has 0 aliphatic heterocycles. The van der Waals surface area contributed by atoms with E-state index >= 15 is 0 Å². The van der Waals surface area contributed by atoms with Crippen LogP contribution in [0.2, 0.25) is 5.02 Å². The fraction of sp³-hybridized carbons (Fsp3) is 0.257. The highest BCUT2D eigenvalue weighted by atomic mass is 35.5. The average molecular weight is 686 g/mol. The number of amides is 2. The Kier molecular flexibility index (Phi) is 11.7. The first-order chi connectivity index (χ1) is 22.3. The van der Waals surface area contributed by atoms with Gasteiger partial charge in [0.2, 0.25) is 11.8 Å². The summed E-state index contributed by atoms with van der Waals surface area (Å²) in [6.45, 7) is 3.12. The summed E-state index contributed by atoms with van der Waals surface area (Å²) in [7, 11) is -4.58. The van der Waals surface area contributed by atoms with Gasteiger partial charge in [0.1, 0.15) is 12.6 Å². The van der Waals surface area contributed by atoms with Gasteiger partial charge in [0.15, 0.2) is 0 Å². The van der Waals surface area contributed by atoms with E-state index in [-0.39, 0.29) is 17.9 Å². The van der Waals surface area contributed by atoms with Gasteiger partial charge in [-0.1, -0.05) is 91.3 Å². The smallest absolute Gasteiger partial charge is 0.354 e. The molecule has 0 aliphatic rings. The van der Waals surface area contributed by atoms with Crippen LogP contribution in [0.5, 0.6) is 0 Å². The van der Waals surface area contributed by atoms with Gasteiger partial charge in [-0.15, -0.1) is 0 Å². The molecule has 1 atom stereocenters. The number of hydrogen-bond donors (Lipinski definition) is 1.